The third-order valence-corrected chi connectivity index (χ3v) is 17.2. The van der Waals surface area contributed by atoms with Crippen LogP contribution in [0.4, 0.5) is 26.3 Å². The normalized spacial score (nSPS) is 39.4. The van der Waals surface area contributed by atoms with E-state index in [2.05, 4.69) is 16.0 Å². The highest BCUT2D eigenvalue weighted by Gasteiger charge is 2.50. The first kappa shape index (κ1) is 76.5. The van der Waals surface area contributed by atoms with Crippen LogP contribution in [0.1, 0.15) is 18.1 Å². The Morgan fingerprint density at radius 2 is 0.753 bits per heavy atom. The molecular formula is C40H75F6N5O26S4. The Balaban J connectivity index is -0.000000969. The Labute approximate surface area is 475 Å². The predicted octanol–water partition coefficient (Wildman–Crippen LogP) is -11.0. The molecule has 0 saturated carbocycles. The van der Waals surface area contributed by atoms with E-state index in [0.29, 0.717) is 23.5 Å². The molecule has 5 saturated heterocycles. The number of ether oxygens (including phenoxy) is 1. The summed E-state index contributed by atoms with van der Waals surface area (Å²) >= 11 is 3.01. The lowest BCUT2D eigenvalue weighted by Gasteiger charge is -2.40. The third kappa shape index (κ3) is 22.7. The topological polar surface area (TPSA) is 559 Å². The van der Waals surface area contributed by atoms with Crippen molar-refractivity contribution in [2.24, 2.45) is 0 Å². The number of alkyl halides is 6. The molecule has 17 unspecified atom stereocenters. The standard InChI is InChI=1S/C8H12F3NO5S.C8H13F2NO5S.C8H14FNO5S.C8H15NO6.C8H15NO5S.3H2/c9-8(10,11)7(17)12-3-5(15)4(14)2(1-13)18-6(3)16;9-6(10)7(15)11-3-5(14)4(13)2(1-12)17-8(3)16;9-1-4(12)10-5-7(14)6(13)3(2-11)16-8(5)15;2*1-3(11)9-5-7(13)6(12)4(2-10)15-8(5)14;;;/h2-6,13-16H,1H2,(H,12,17);2-6,8,12-14,16H,1H2,(H,11,15);3,5-8,11,13-15H,1-2H2,(H,10,12);2*4-8,10,12-14H,2H2,1H3,(H,9,11);3*1H/t2?,3?,4-,5-,6?;2?,3?,4-,5-,8?;3?,5?,6-,7-,8?;;4?,5?,6-,7-,8?;;;/m111.1.../s1. The molecular weight excluding hydrogens is 1210 g/mol. The summed E-state index contributed by atoms with van der Waals surface area (Å²) in [4.78, 5) is 53.7. The number of nitrogens with one attached hydrogen (secondary N) is 5. The molecule has 5 fully saturated rings. The van der Waals surface area contributed by atoms with Gasteiger partial charge in [-0.3, -0.25) is 24.0 Å². The maximum atomic E-state index is 12.0. The van der Waals surface area contributed by atoms with E-state index in [4.69, 9.17) is 30.3 Å². The van der Waals surface area contributed by atoms with Gasteiger partial charge in [0.25, 0.3) is 11.8 Å². The van der Waals surface area contributed by atoms with Crippen molar-refractivity contribution in [3.05, 3.63) is 0 Å². The molecule has 0 aliphatic carbocycles. The number of rotatable bonds is 12. The fourth-order valence-corrected chi connectivity index (χ4v) is 12.1. The number of halogens is 6. The Hall–Kier alpha value is -2.51. The highest BCUT2D eigenvalue weighted by Crippen LogP contribution is 2.35. The van der Waals surface area contributed by atoms with Crippen molar-refractivity contribution in [3.8, 4) is 0 Å². The summed E-state index contributed by atoms with van der Waals surface area (Å²) in [5.74, 6) is -5.78. The molecule has 0 aromatic carbocycles. The van der Waals surface area contributed by atoms with Crippen molar-refractivity contribution in [3.63, 3.8) is 0 Å². The molecule has 31 nitrogen and oxygen atoms in total. The summed E-state index contributed by atoms with van der Waals surface area (Å²) in [5, 5.41) is 194. The molecule has 0 aromatic heterocycles. The average Bonchev–Trinajstić information content (AvgIpc) is 3.43. The maximum absolute atomic E-state index is 12.0. The summed E-state index contributed by atoms with van der Waals surface area (Å²) in [5.41, 5.74) is -5.18. The summed E-state index contributed by atoms with van der Waals surface area (Å²) in [6.45, 7) is -1.13. The quantitative estimate of drug-likeness (QED) is 0.0807. The van der Waals surface area contributed by atoms with Crippen molar-refractivity contribution >= 4 is 76.6 Å². The van der Waals surface area contributed by atoms with Crippen LogP contribution in [0.25, 0.3) is 0 Å². The van der Waals surface area contributed by atoms with Crippen LogP contribution in [0, 0.1) is 0 Å². The highest BCUT2D eigenvalue weighted by atomic mass is 32.2. The van der Waals surface area contributed by atoms with Gasteiger partial charge >= 0.3 is 18.5 Å². The van der Waals surface area contributed by atoms with Crippen LogP contribution in [0.3, 0.4) is 0 Å². The van der Waals surface area contributed by atoms with E-state index in [0.717, 1.165) is 23.5 Å². The second-order valence-electron chi connectivity index (χ2n) is 17.7. The molecule has 5 amide bonds. The molecule has 25 N–H and O–H groups in total. The minimum atomic E-state index is -5.15. The summed E-state index contributed by atoms with van der Waals surface area (Å²) in [6, 6.07) is -6.22. The van der Waals surface area contributed by atoms with Crippen LogP contribution in [-0.4, -0.2) is 330 Å². The summed E-state index contributed by atoms with van der Waals surface area (Å²) < 4.78 is 76.8. The Morgan fingerprint density at radius 1 is 0.457 bits per heavy atom. The van der Waals surface area contributed by atoms with Crippen LogP contribution in [0.5, 0.6) is 0 Å². The number of aliphatic hydroxyl groups excluding tert-OH is 20. The van der Waals surface area contributed by atoms with E-state index in [1.165, 1.54) is 19.2 Å². The van der Waals surface area contributed by atoms with E-state index < -0.39 is 222 Å². The van der Waals surface area contributed by atoms with E-state index in [1.807, 2.05) is 0 Å². The smallest absolute Gasteiger partial charge is 0.395 e. The van der Waals surface area contributed by atoms with E-state index in [1.54, 1.807) is 5.32 Å². The first-order chi connectivity index (χ1) is 37.5. The minimum Gasteiger partial charge on any atom is -0.395 e. The Bertz CT molecular complexity index is 1910. The maximum Gasteiger partial charge on any atom is 0.471 e. The summed E-state index contributed by atoms with van der Waals surface area (Å²) in [6.07, 6.45) is -25.2. The van der Waals surface area contributed by atoms with Gasteiger partial charge in [0.2, 0.25) is 11.8 Å². The molecule has 25 atom stereocenters. The monoisotopic (exact) mass is 1280 g/mol. The molecule has 0 aromatic rings. The first-order valence-corrected chi connectivity index (χ1v) is 27.2. The lowest BCUT2D eigenvalue weighted by molar-refractivity contribution is -0.253. The average molecular weight is 1280 g/mol. The van der Waals surface area contributed by atoms with Crippen molar-refractivity contribution in [2.45, 2.75) is 173 Å². The molecule has 482 valence electrons. The van der Waals surface area contributed by atoms with Crippen molar-refractivity contribution in [1.29, 1.82) is 0 Å². The molecule has 0 radical (unpaired) electrons. The van der Waals surface area contributed by atoms with Gasteiger partial charge in [-0.25, -0.2) is 4.39 Å². The van der Waals surface area contributed by atoms with E-state index in [9.17, 15) is 127 Å². The molecule has 0 bridgehead atoms. The van der Waals surface area contributed by atoms with Gasteiger partial charge in [0.05, 0.1) is 103 Å². The zero-order chi connectivity index (χ0) is 62.7. The SMILES string of the molecule is CC(=O)NC1C(O)OC(CO)C(O)C1O.CC(=O)NC1C(O)SC(CO)[C@@H](O)[C@@H]1O.O=C(CF)NC1C(O)SC(CO)[C@@H](O)[C@@H]1O.O=C(NC1C(O)SC(CO)[C@@H](O)[C@@H]1O)C(F)(F)F.O=C(NC1C(O)SC(CO)[C@@H](O)[C@@H]1O)C(F)F.[HH].[HH].[HH]. The lowest BCUT2D eigenvalue weighted by Crippen LogP contribution is -2.63. The molecule has 5 aliphatic rings. The molecule has 5 aliphatic heterocycles. The molecule has 5 rings (SSSR count). The second kappa shape index (κ2) is 35.8. The number of hydrogen-bond donors (Lipinski definition) is 25. The molecule has 5 heterocycles. The number of carbonyl (C=O) groups is 5. The minimum absolute atomic E-state index is 0. The van der Waals surface area contributed by atoms with Crippen LogP contribution < -0.4 is 26.6 Å². The van der Waals surface area contributed by atoms with Crippen molar-refractivity contribution in [2.75, 3.05) is 39.7 Å². The molecule has 41 heteroatoms. The number of hydrogen-bond acceptors (Lipinski definition) is 30. The lowest BCUT2D eigenvalue weighted by atomic mass is 9.97. The van der Waals surface area contributed by atoms with Gasteiger partial charge in [-0.05, 0) is 0 Å². The summed E-state index contributed by atoms with van der Waals surface area (Å²) in [7, 11) is 0. The van der Waals surface area contributed by atoms with Gasteiger partial charge in [0.1, 0.15) is 70.5 Å². The molecule has 81 heavy (non-hydrogen) atoms. The zero-order valence-electron chi connectivity index (χ0n) is 42.0. The number of aliphatic hydroxyl groups is 20. The van der Waals surface area contributed by atoms with Gasteiger partial charge in [0, 0.05) is 18.1 Å². The highest BCUT2D eigenvalue weighted by molar-refractivity contribution is 8.01. The Morgan fingerprint density at radius 3 is 1.04 bits per heavy atom. The van der Waals surface area contributed by atoms with Crippen molar-refractivity contribution in [1.82, 2.24) is 26.6 Å². The first-order valence-electron chi connectivity index (χ1n) is 23.4. The van der Waals surface area contributed by atoms with Crippen LogP contribution in [0.2, 0.25) is 0 Å². The van der Waals surface area contributed by atoms with Gasteiger partial charge in [-0.15, -0.1) is 47.0 Å². The number of amides is 5. The van der Waals surface area contributed by atoms with Gasteiger partial charge < -0.3 is 133 Å². The van der Waals surface area contributed by atoms with E-state index >= 15 is 0 Å². The van der Waals surface area contributed by atoms with Crippen molar-refractivity contribution < 1.29 is 161 Å². The zero-order valence-corrected chi connectivity index (χ0v) is 45.3. The second-order valence-corrected chi connectivity index (χ2v) is 23.1. The largest absolute Gasteiger partial charge is 0.471 e. The van der Waals surface area contributed by atoms with Crippen LogP contribution >= 0.6 is 47.0 Å². The number of carbonyl (C=O) groups excluding carboxylic acids is 5. The van der Waals surface area contributed by atoms with Crippen LogP contribution in [-0.2, 0) is 28.7 Å². The van der Waals surface area contributed by atoms with E-state index in [-0.39, 0.29) is 10.9 Å². The van der Waals surface area contributed by atoms with Crippen LogP contribution in [0.15, 0.2) is 0 Å². The third-order valence-electron chi connectivity index (χ3n) is 11.8. The molecule has 0 spiro atoms. The fourth-order valence-electron chi connectivity index (χ4n) is 7.42. The van der Waals surface area contributed by atoms with Gasteiger partial charge in [-0.1, -0.05) is 0 Å². The van der Waals surface area contributed by atoms with Gasteiger partial charge in [-0.2, -0.15) is 22.0 Å². The number of thioether (sulfide) groups is 4. The predicted molar refractivity (Wildman–Crippen MR) is 271 cm³/mol. The van der Waals surface area contributed by atoms with Gasteiger partial charge in [0.15, 0.2) is 13.0 Å². The Kier molecular flexibility index (Phi) is 33.8. The fraction of sp³-hybridized carbons (Fsp3) is 0.875.